The summed E-state index contributed by atoms with van der Waals surface area (Å²) < 4.78 is 70.6. The number of ether oxygens (including phenoxy) is 13. The van der Waals surface area contributed by atoms with Crippen molar-refractivity contribution in [1.29, 1.82) is 0 Å². The van der Waals surface area contributed by atoms with E-state index in [2.05, 4.69) is 0 Å². The van der Waals surface area contributed by atoms with Gasteiger partial charge in [-0.2, -0.15) is 0 Å². The molecule has 0 amide bonds. The molecule has 16 rings (SSSR count). The van der Waals surface area contributed by atoms with Crippen LogP contribution >= 0.6 is 0 Å². The number of rotatable bonds is 18. The fourth-order valence-electron chi connectivity index (χ4n) is 16.6. The molecule has 109 heavy (non-hydrogen) atoms. The second-order valence-electron chi connectivity index (χ2n) is 33.6. The first-order chi connectivity index (χ1) is 46.2. The van der Waals surface area contributed by atoms with E-state index in [0.29, 0.717) is 44.4 Å². The molecule has 0 aromatic heterocycles. The fraction of sp³-hybridized carbons (Fsp3) is 0.857. The molecule has 0 spiro atoms. The van der Waals surface area contributed by atoms with Crippen LogP contribution in [0, 0.1) is 98.1 Å². The van der Waals surface area contributed by atoms with Crippen molar-refractivity contribution >= 4 is 71.6 Å². The zero-order valence-electron chi connectivity index (χ0n) is 61.0. The summed E-state index contributed by atoms with van der Waals surface area (Å²) in [6, 6.07) is 0. The Morgan fingerprint density at radius 1 is 0.431 bits per heavy atom. The average Bonchev–Trinajstić information content (AvgIpc) is 1.56. The van der Waals surface area contributed by atoms with Gasteiger partial charge in [-0.25, -0.2) is 4.79 Å². The van der Waals surface area contributed by atoms with E-state index in [0.717, 1.165) is 51.4 Å². The van der Waals surface area contributed by atoms with Crippen LogP contribution in [-0.4, -0.2) is 158 Å². The first-order valence-electron chi connectivity index (χ1n) is 36.3. The second kappa shape index (κ2) is 38.0. The van der Waals surface area contributed by atoms with Crippen LogP contribution in [0.15, 0.2) is 0 Å². The van der Waals surface area contributed by atoms with E-state index in [4.69, 9.17) is 61.6 Å². The summed E-state index contributed by atoms with van der Waals surface area (Å²) in [6.45, 7) is 31.6. The van der Waals surface area contributed by atoms with Crippen molar-refractivity contribution in [1.82, 2.24) is 0 Å². The third-order valence-corrected chi connectivity index (χ3v) is 25.5. The van der Waals surface area contributed by atoms with Crippen molar-refractivity contribution in [3.05, 3.63) is 0 Å². The first-order valence-corrected chi connectivity index (χ1v) is 36.3. The summed E-state index contributed by atoms with van der Waals surface area (Å²) in [5, 5.41) is 0. The van der Waals surface area contributed by atoms with E-state index in [1.54, 1.807) is 13.8 Å². The van der Waals surface area contributed by atoms with Crippen LogP contribution in [0.5, 0.6) is 0 Å². The molecule has 632 valence electrons. The molecule has 7 aliphatic carbocycles. The van der Waals surface area contributed by atoms with Gasteiger partial charge in [-0.1, -0.05) is 109 Å². The van der Waals surface area contributed by atoms with Gasteiger partial charge in [0.2, 0.25) is 0 Å². The van der Waals surface area contributed by atoms with E-state index in [-0.39, 0.29) is 218 Å². The molecule has 0 aromatic rings. The predicted molar refractivity (Wildman–Crippen MR) is 411 cm³/mol. The SMILES string of the molecule is C.C.C.C.C.C.C.C.C.C.CCC(C)(C)C(=O)OC(C)C(=O)OC1C2CC3C(=O)OC1C3C2.CCC(C)(C)C(=O)OC1C2CC3C(=O)OC1C3O2.CCC(C)(C)C(=O)OC1C2CC3C1OC(=O)C3C2C(=O)OC.CCC(C)(C)C(=O)OC1C2CC3CC2C(=O)OC31.CCC(C)(C)C(=O)OC1CC2CCC1(C)OC2=O. The molecule has 7 saturated carbocycles. The van der Waals surface area contributed by atoms with Gasteiger partial charge < -0.3 is 61.6 Å². The minimum Gasteiger partial charge on any atom is -0.469 e. The number of esters is 12. The maximum Gasteiger partial charge on any atom is 0.347 e. The molecule has 16 fully saturated rings. The predicted octanol–water partition coefficient (Wildman–Crippen LogP) is 14.9. The lowest BCUT2D eigenvalue weighted by Gasteiger charge is -2.48. The van der Waals surface area contributed by atoms with Crippen molar-refractivity contribution in [2.75, 3.05) is 7.11 Å². The van der Waals surface area contributed by atoms with Gasteiger partial charge in [0.1, 0.15) is 54.4 Å². The average molecular weight is 1560 g/mol. The Morgan fingerprint density at radius 3 is 1.34 bits per heavy atom. The van der Waals surface area contributed by atoms with E-state index < -0.39 is 99.0 Å². The summed E-state index contributed by atoms with van der Waals surface area (Å²) >= 11 is 0. The van der Waals surface area contributed by atoms with Gasteiger partial charge >= 0.3 is 71.6 Å². The molecule has 9 saturated heterocycles. The Labute approximate surface area is 653 Å². The maximum absolute atomic E-state index is 12.4. The summed E-state index contributed by atoms with van der Waals surface area (Å²) in [5.41, 5.74) is -3.28. The van der Waals surface area contributed by atoms with Crippen LogP contribution in [0.1, 0.15) is 282 Å². The highest BCUT2D eigenvalue weighted by Crippen LogP contribution is 2.60. The molecular formula is C84H146O25. The van der Waals surface area contributed by atoms with Crippen molar-refractivity contribution in [2.45, 2.75) is 361 Å². The second-order valence-corrected chi connectivity index (χ2v) is 33.6. The van der Waals surface area contributed by atoms with Crippen LogP contribution in [-0.2, 0) is 119 Å². The van der Waals surface area contributed by atoms with Crippen molar-refractivity contribution < 1.29 is 119 Å². The minimum absolute atomic E-state index is 0. The lowest BCUT2D eigenvalue weighted by molar-refractivity contribution is -0.221. The number of hydrogen-bond acceptors (Lipinski definition) is 25. The van der Waals surface area contributed by atoms with Gasteiger partial charge in [0.05, 0.1) is 75.8 Å². The molecule has 0 N–H and O–H groups in total. The summed E-state index contributed by atoms with van der Waals surface area (Å²) in [6.07, 6.45) is 6.07. The molecule has 0 aromatic carbocycles. The van der Waals surface area contributed by atoms with Gasteiger partial charge in [-0.05, 0) is 167 Å². The minimum atomic E-state index is -0.958. The Morgan fingerprint density at radius 2 is 0.853 bits per heavy atom. The zero-order chi connectivity index (χ0) is 72.9. The normalized spacial score (nSPS) is 34.8. The van der Waals surface area contributed by atoms with Crippen LogP contribution in [0.2, 0.25) is 0 Å². The largest absolute Gasteiger partial charge is 0.469 e. The molecule has 16 aliphatic rings. The lowest BCUT2D eigenvalue weighted by atomic mass is 9.74. The lowest BCUT2D eigenvalue weighted by Crippen LogP contribution is -2.57. The third-order valence-electron chi connectivity index (χ3n) is 25.5. The molecule has 25 unspecified atom stereocenters. The molecule has 9 aliphatic heterocycles. The molecule has 12 bridgehead atoms. The molecule has 25 atom stereocenters. The van der Waals surface area contributed by atoms with Gasteiger partial charge in [0.15, 0.2) is 18.3 Å². The smallest absolute Gasteiger partial charge is 0.347 e. The van der Waals surface area contributed by atoms with Crippen molar-refractivity contribution in [3.8, 4) is 0 Å². The molecule has 25 heteroatoms. The molecule has 25 nitrogen and oxygen atoms in total. The van der Waals surface area contributed by atoms with E-state index >= 15 is 0 Å². The fourth-order valence-corrected chi connectivity index (χ4v) is 16.6. The number of carbonyl (C=O) groups is 12. The van der Waals surface area contributed by atoms with Crippen LogP contribution in [0.25, 0.3) is 0 Å². The highest BCUT2D eigenvalue weighted by Gasteiger charge is 2.71. The Bertz CT molecular complexity index is 3120. The van der Waals surface area contributed by atoms with Crippen LogP contribution in [0.4, 0.5) is 0 Å². The Hall–Kier alpha value is -6.40. The number of hydrogen-bond donors (Lipinski definition) is 0. The topological polar surface area (TPSA) is 325 Å². The highest BCUT2D eigenvalue weighted by molar-refractivity contribution is 5.87. The summed E-state index contributed by atoms with van der Waals surface area (Å²) in [4.78, 5) is 143. The van der Waals surface area contributed by atoms with Crippen molar-refractivity contribution in [3.63, 3.8) is 0 Å². The molecule has 9 heterocycles. The molecule has 0 radical (unpaired) electrons. The monoisotopic (exact) mass is 1560 g/mol. The van der Waals surface area contributed by atoms with Gasteiger partial charge in [0.25, 0.3) is 0 Å². The highest BCUT2D eigenvalue weighted by atomic mass is 16.7. The van der Waals surface area contributed by atoms with Gasteiger partial charge in [0, 0.05) is 41.9 Å². The zero-order valence-corrected chi connectivity index (χ0v) is 61.0. The number of methoxy groups -OCH3 is 1. The standard InChI is InChI=1S/C17H24O6.C16H22O6.C14H20O4.C14H22O4.C13H18O5.10CH4/c1-5-17(3,4)16(20)21-8(2)14(18)22-12-9-6-10-11(7-9)15(19)23-13(10)12;1-5-16(2,3)15(19)22-12-7-6-8-10(9(7)13(17)20-4)14(18)21-11(8)12;1-4-14(2,3)13(16)18-11-8-5-7-6-9(8)12(15)17-10(7)11;1-5-13(2,3)12(16)17-10-8-9-6-7-14(10,4)18-11(9)15;1-4-13(2,3)12(15)18-9-7-5-6-8(16-7)10(9)17-11(6)14;;;;;;;;;;/h8-13H,5-7H2,1-4H3;7-12H,5-6H2,1-4H3;7-11H,4-6H2,1-3H3;9-10H,5-8H2,1-4H3;6-10H,4-5H2,1-3H3;10*1H4. The van der Waals surface area contributed by atoms with E-state index in [1.807, 2.05) is 96.9 Å². The first kappa shape index (κ1) is 103. The van der Waals surface area contributed by atoms with Gasteiger partial charge in [-0.15, -0.1) is 0 Å². The van der Waals surface area contributed by atoms with Crippen molar-refractivity contribution in [2.24, 2.45) is 98.1 Å². The van der Waals surface area contributed by atoms with Crippen LogP contribution < -0.4 is 0 Å². The quantitative estimate of drug-likeness (QED) is 0.0909. The molecular weight excluding hydrogens is 1410 g/mol. The Balaban J connectivity index is 0.00000131. The van der Waals surface area contributed by atoms with Crippen LogP contribution in [0.3, 0.4) is 0 Å². The number of carbonyl (C=O) groups excluding carboxylic acids is 12. The Kier molecular flexibility index (Phi) is 35.7. The number of fused-ring (bicyclic) bond motifs is 7. The third kappa shape index (κ3) is 19.1. The summed E-state index contributed by atoms with van der Waals surface area (Å²) in [7, 11) is 1.31. The van der Waals surface area contributed by atoms with E-state index in [1.165, 1.54) is 14.0 Å². The summed E-state index contributed by atoms with van der Waals surface area (Å²) in [5.74, 6) is -3.74. The maximum atomic E-state index is 12.4. The van der Waals surface area contributed by atoms with Gasteiger partial charge in [-0.3, -0.25) is 52.7 Å². The van der Waals surface area contributed by atoms with E-state index in [9.17, 15) is 57.5 Å².